The summed E-state index contributed by atoms with van der Waals surface area (Å²) in [6.45, 7) is 6.61. The minimum absolute atomic E-state index is 0.00719. The van der Waals surface area contributed by atoms with E-state index in [4.69, 9.17) is 4.98 Å². The molecule has 1 amide bonds. The van der Waals surface area contributed by atoms with Crippen molar-refractivity contribution in [3.05, 3.63) is 35.2 Å². The largest absolute Gasteiger partial charge is 0.352 e. The van der Waals surface area contributed by atoms with E-state index in [2.05, 4.69) is 34.8 Å². The van der Waals surface area contributed by atoms with Gasteiger partial charge in [0.25, 0.3) is 0 Å². The van der Waals surface area contributed by atoms with Gasteiger partial charge in [-0.3, -0.25) is 4.79 Å². The van der Waals surface area contributed by atoms with Gasteiger partial charge in [-0.05, 0) is 5.56 Å². The Morgan fingerprint density at radius 2 is 2.00 bits per heavy atom. The number of quaternary nitrogens is 1. The first-order valence-corrected chi connectivity index (χ1v) is 8.85. The third-order valence-corrected chi connectivity index (χ3v) is 5.07. The molecule has 3 rings (SSSR count). The van der Waals surface area contributed by atoms with Crippen LogP contribution in [0.5, 0.6) is 0 Å². The quantitative estimate of drug-likeness (QED) is 0.871. The maximum atomic E-state index is 11.0. The van der Waals surface area contributed by atoms with E-state index in [1.54, 1.807) is 16.2 Å². The Bertz CT molecular complexity index is 659. The number of thiazole rings is 1. The van der Waals surface area contributed by atoms with Gasteiger partial charge < -0.3 is 15.1 Å². The van der Waals surface area contributed by atoms with Crippen LogP contribution >= 0.6 is 11.3 Å². The molecule has 0 atom stereocenters. The van der Waals surface area contributed by atoms with Crippen molar-refractivity contribution in [2.24, 2.45) is 0 Å². The molecule has 122 valence electrons. The van der Waals surface area contributed by atoms with Crippen LogP contribution in [0.15, 0.2) is 29.6 Å². The Hall–Kier alpha value is -1.92. The molecule has 0 spiro atoms. The first-order chi connectivity index (χ1) is 11.1. The molecule has 2 N–H and O–H groups in total. The summed E-state index contributed by atoms with van der Waals surface area (Å²) >= 11 is 1.72. The Morgan fingerprint density at radius 1 is 1.30 bits per heavy atom. The van der Waals surface area contributed by atoms with Gasteiger partial charge in [0.15, 0.2) is 5.13 Å². The number of rotatable bonds is 4. The first-order valence-electron chi connectivity index (χ1n) is 7.97. The van der Waals surface area contributed by atoms with Gasteiger partial charge in [0.1, 0.15) is 0 Å². The lowest BCUT2D eigenvalue weighted by Gasteiger charge is -2.29. The molecule has 0 aliphatic carbocycles. The van der Waals surface area contributed by atoms with Crippen LogP contribution in [0, 0.1) is 0 Å². The highest BCUT2D eigenvalue weighted by Crippen LogP contribution is 2.27. The van der Waals surface area contributed by atoms with E-state index in [9.17, 15) is 4.79 Å². The summed E-state index contributed by atoms with van der Waals surface area (Å²) in [4.78, 5) is 19.7. The predicted octanol–water partition coefficient (Wildman–Crippen LogP) is 0.781. The van der Waals surface area contributed by atoms with Crippen molar-refractivity contribution in [3.8, 4) is 11.3 Å². The van der Waals surface area contributed by atoms with Crippen LogP contribution in [0.1, 0.15) is 12.5 Å². The summed E-state index contributed by atoms with van der Waals surface area (Å²) in [5.41, 5.74) is 3.25. The Morgan fingerprint density at radius 3 is 2.65 bits per heavy atom. The Kier molecular flexibility index (Phi) is 4.93. The summed E-state index contributed by atoms with van der Waals surface area (Å²) in [6.07, 6.45) is 0. The lowest BCUT2D eigenvalue weighted by Crippen LogP contribution is -3.12. The molecule has 1 aromatic carbocycles. The summed E-state index contributed by atoms with van der Waals surface area (Å²) in [6, 6.07) is 8.24. The van der Waals surface area contributed by atoms with E-state index in [1.807, 2.05) is 12.1 Å². The number of amides is 1. The third kappa shape index (κ3) is 4.09. The first kappa shape index (κ1) is 16.0. The number of benzene rings is 1. The molecule has 5 nitrogen and oxygen atoms in total. The molecule has 0 saturated carbocycles. The molecule has 2 heterocycles. The molecule has 1 fully saturated rings. The van der Waals surface area contributed by atoms with E-state index in [0.717, 1.165) is 35.0 Å². The summed E-state index contributed by atoms with van der Waals surface area (Å²) in [5, 5.41) is 6.06. The van der Waals surface area contributed by atoms with Crippen molar-refractivity contribution in [1.29, 1.82) is 0 Å². The maximum Gasteiger partial charge on any atom is 0.217 e. The predicted molar refractivity (Wildman–Crippen MR) is 93.9 cm³/mol. The van der Waals surface area contributed by atoms with Crippen molar-refractivity contribution in [2.45, 2.75) is 13.5 Å². The number of hydrogen-bond acceptors (Lipinski definition) is 4. The molecule has 0 bridgehead atoms. The molecule has 2 aromatic rings. The topological polar surface area (TPSA) is 49.7 Å². The third-order valence-electron chi connectivity index (χ3n) is 4.17. The van der Waals surface area contributed by atoms with Crippen LogP contribution in [-0.4, -0.2) is 44.1 Å². The SMILES string of the molecule is CC(=O)NCc1ccc(-c2csc(N3CC[NH+](C)CC3)n2)cc1. The van der Waals surface area contributed by atoms with E-state index in [0.29, 0.717) is 6.54 Å². The minimum Gasteiger partial charge on any atom is -0.352 e. The Balaban J connectivity index is 1.66. The second-order valence-corrected chi connectivity index (χ2v) is 6.90. The zero-order valence-electron chi connectivity index (χ0n) is 13.6. The van der Waals surface area contributed by atoms with Crippen molar-refractivity contribution in [3.63, 3.8) is 0 Å². The summed E-state index contributed by atoms with van der Waals surface area (Å²) in [5.74, 6) is -0.00719. The van der Waals surface area contributed by atoms with E-state index >= 15 is 0 Å². The van der Waals surface area contributed by atoms with Gasteiger partial charge >= 0.3 is 0 Å². The lowest BCUT2D eigenvalue weighted by molar-refractivity contribution is -0.880. The number of anilines is 1. The van der Waals surface area contributed by atoms with Gasteiger partial charge in [-0.2, -0.15) is 0 Å². The molecule has 0 unspecified atom stereocenters. The highest BCUT2D eigenvalue weighted by atomic mass is 32.1. The summed E-state index contributed by atoms with van der Waals surface area (Å²) < 4.78 is 0. The van der Waals surface area contributed by atoms with Crippen LogP contribution in [0.4, 0.5) is 5.13 Å². The maximum absolute atomic E-state index is 11.0. The molecular formula is C17H23N4OS+. The van der Waals surface area contributed by atoms with Gasteiger partial charge in [-0.1, -0.05) is 24.3 Å². The van der Waals surface area contributed by atoms with Gasteiger partial charge in [-0.25, -0.2) is 4.98 Å². The highest BCUT2D eigenvalue weighted by Gasteiger charge is 2.19. The minimum atomic E-state index is -0.00719. The standard InChI is InChI=1S/C17H22N4OS/c1-13(22)18-11-14-3-5-15(6-4-14)16-12-23-17(19-16)21-9-7-20(2)8-10-21/h3-6,12H,7-11H2,1-2H3,(H,18,22)/p+1. The van der Waals surface area contributed by atoms with Crippen LogP contribution in [0.25, 0.3) is 11.3 Å². The summed E-state index contributed by atoms with van der Waals surface area (Å²) in [7, 11) is 2.24. The number of carbonyl (C=O) groups excluding carboxylic acids is 1. The van der Waals surface area contributed by atoms with Gasteiger partial charge in [0, 0.05) is 24.4 Å². The second kappa shape index (κ2) is 7.10. The number of nitrogens with zero attached hydrogens (tertiary/aromatic N) is 2. The highest BCUT2D eigenvalue weighted by molar-refractivity contribution is 7.14. The lowest BCUT2D eigenvalue weighted by atomic mass is 10.1. The molecule has 0 radical (unpaired) electrons. The van der Waals surface area contributed by atoms with E-state index < -0.39 is 0 Å². The van der Waals surface area contributed by atoms with Gasteiger partial charge in [0.2, 0.25) is 5.91 Å². The number of hydrogen-bond donors (Lipinski definition) is 2. The molecule has 1 saturated heterocycles. The second-order valence-electron chi connectivity index (χ2n) is 6.07. The van der Waals surface area contributed by atoms with E-state index in [1.165, 1.54) is 20.0 Å². The molecule has 1 aliphatic rings. The van der Waals surface area contributed by atoms with E-state index in [-0.39, 0.29) is 5.91 Å². The van der Waals surface area contributed by atoms with Crippen LogP contribution < -0.4 is 15.1 Å². The molecular weight excluding hydrogens is 308 g/mol. The fraction of sp³-hybridized carbons (Fsp3) is 0.412. The van der Waals surface area contributed by atoms with Crippen molar-refractivity contribution in [1.82, 2.24) is 10.3 Å². The van der Waals surface area contributed by atoms with Gasteiger partial charge in [-0.15, -0.1) is 11.3 Å². The number of carbonyl (C=O) groups is 1. The monoisotopic (exact) mass is 331 g/mol. The number of piperazine rings is 1. The Labute approximate surface area is 140 Å². The van der Waals surface area contributed by atoms with Crippen LogP contribution in [0.3, 0.4) is 0 Å². The normalized spacial score (nSPS) is 15.7. The fourth-order valence-electron chi connectivity index (χ4n) is 2.64. The average Bonchev–Trinajstić information content (AvgIpc) is 3.04. The number of aromatic nitrogens is 1. The zero-order chi connectivity index (χ0) is 16.2. The van der Waals surface area contributed by atoms with Crippen molar-refractivity contribution < 1.29 is 9.69 Å². The molecule has 1 aromatic heterocycles. The number of nitrogens with one attached hydrogen (secondary N) is 2. The average molecular weight is 331 g/mol. The molecule has 23 heavy (non-hydrogen) atoms. The van der Waals surface area contributed by atoms with Crippen molar-refractivity contribution >= 4 is 22.4 Å². The van der Waals surface area contributed by atoms with Crippen molar-refractivity contribution in [2.75, 3.05) is 38.1 Å². The fourth-order valence-corrected chi connectivity index (χ4v) is 3.53. The van der Waals surface area contributed by atoms with Crippen LogP contribution in [0.2, 0.25) is 0 Å². The van der Waals surface area contributed by atoms with Crippen LogP contribution in [-0.2, 0) is 11.3 Å². The zero-order valence-corrected chi connectivity index (χ0v) is 14.4. The molecule has 1 aliphatic heterocycles. The van der Waals surface area contributed by atoms with Gasteiger partial charge in [0.05, 0.1) is 38.9 Å². The number of likely N-dealkylation sites (N-methyl/N-ethyl adjacent to an activating group) is 1. The smallest absolute Gasteiger partial charge is 0.217 e. The molecule has 6 heteroatoms.